The highest BCUT2D eigenvalue weighted by atomic mass is 32.1. The average molecular weight is 254 g/mol. The van der Waals surface area contributed by atoms with Gasteiger partial charge in [0.2, 0.25) is 0 Å². The SMILES string of the molecule is CCCCCCCCCCNc1cnc(C)s1. The van der Waals surface area contributed by atoms with E-state index >= 15 is 0 Å². The van der Waals surface area contributed by atoms with Crippen LogP contribution in [0.1, 0.15) is 63.3 Å². The van der Waals surface area contributed by atoms with Crippen molar-refractivity contribution in [3.63, 3.8) is 0 Å². The van der Waals surface area contributed by atoms with Gasteiger partial charge in [0.15, 0.2) is 0 Å². The molecule has 3 heteroatoms. The first-order valence-electron chi connectivity index (χ1n) is 6.99. The van der Waals surface area contributed by atoms with Crippen LogP contribution in [0, 0.1) is 6.92 Å². The molecule has 17 heavy (non-hydrogen) atoms. The van der Waals surface area contributed by atoms with Crippen molar-refractivity contribution < 1.29 is 0 Å². The van der Waals surface area contributed by atoms with E-state index in [2.05, 4.69) is 17.2 Å². The maximum Gasteiger partial charge on any atom is 0.109 e. The van der Waals surface area contributed by atoms with E-state index in [-0.39, 0.29) is 0 Å². The zero-order valence-electron chi connectivity index (χ0n) is 11.3. The monoisotopic (exact) mass is 254 g/mol. The Labute approximate surface area is 110 Å². The fraction of sp³-hybridized carbons (Fsp3) is 0.786. The van der Waals surface area contributed by atoms with Crippen molar-refractivity contribution in [3.05, 3.63) is 11.2 Å². The van der Waals surface area contributed by atoms with E-state index in [9.17, 15) is 0 Å². The van der Waals surface area contributed by atoms with Crippen LogP contribution in [0.5, 0.6) is 0 Å². The third-order valence-corrected chi connectivity index (χ3v) is 3.82. The first-order valence-corrected chi connectivity index (χ1v) is 7.81. The van der Waals surface area contributed by atoms with Gasteiger partial charge >= 0.3 is 0 Å². The predicted octanol–water partition coefficient (Wildman–Crippen LogP) is 5.00. The van der Waals surface area contributed by atoms with Crippen molar-refractivity contribution in [2.24, 2.45) is 0 Å². The summed E-state index contributed by atoms with van der Waals surface area (Å²) in [5.41, 5.74) is 0. The topological polar surface area (TPSA) is 24.9 Å². The lowest BCUT2D eigenvalue weighted by Crippen LogP contribution is -1.99. The summed E-state index contributed by atoms with van der Waals surface area (Å²) in [6.45, 7) is 5.41. The number of hydrogen-bond acceptors (Lipinski definition) is 3. The fourth-order valence-corrected chi connectivity index (χ4v) is 2.62. The lowest BCUT2D eigenvalue weighted by Gasteiger charge is -2.03. The Morgan fingerprint density at radius 1 is 1.06 bits per heavy atom. The van der Waals surface area contributed by atoms with Crippen molar-refractivity contribution in [2.45, 2.75) is 65.2 Å². The number of unbranched alkanes of at least 4 members (excludes halogenated alkanes) is 7. The average Bonchev–Trinajstić information content (AvgIpc) is 2.73. The summed E-state index contributed by atoms with van der Waals surface area (Å²) in [6.07, 6.45) is 13.0. The van der Waals surface area contributed by atoms with Gasteiger partial charge in [0.1, 0.15) is 5.00 Å². The second-order valence-electron chi connectivity index (χ2n) is 4.65. The van der Waals surface area contributed by atoms with Crippen LogP contribution in [-0.4, -0.2) is 11.5 Å². The minimum absolute atomic E-state index is 1.09. The molecule has 0 aromatic carbocycles. The molecule has 0 spiro atoms. The van der Waals surface area contributed by atoms with Crippen molar-refractivity contribution in [3.8, 4) is 0 Å². The number of nitrogens with one attached hydrogen (secondary N) is 1. The molecule has 0 saturated heterocycles. The largest absolute Gasteiger partial charge is 0.376 e. The molecular weight excluding hydrogens is 228 g/mol. The number of anilines is 1. The zero-order valence-corrected chi connectivity index (χ0v) is 12.1. The molecule has 0 bridgehead atoms. The molecule has 0 aliphatic carbocycles. The van der Waals surface area contributed by atoms with Gasteiger partial charge in [0.25, 0.3) is 0 Å². The van der Waals surface area contributed by atoms with E-state index in [4.69, 9.17) is 0 Å². The van der Waals surface area contributed by atoms with Crippen molar-refractivity contribution in [1.29, 1.82) is 0 Å². The summed E-state index contributed by atoms with van der Waals surface area (Å²) in [4.78, 5) is 4.23. The molecule has 0 aliphatic rings. The lowest BCUT2D eigenvalue weighted by molar-refractivity contribution is 0.581. The van der Waals surface area contributed by atoms with Gasteiger partial charge in [-0.15, -0.1) is 11.3 Å². The van der Waals surface area contributed by atoms with Gasteiger partial charge < -0.3 is 5.32 Å². The van der Waals surface area contributed by atoms with Gasteiger partial charge in [-0.3, -0.25) is 0 Å². The predicted molar refractivity (Wildman–Crippen MR) is 78.0 cm³/mol. The zero-order chi connectivity index (χ0) is 12.3. The van der Waals surface area contributed by atoms with Crippen LogP contribution in [0.4, 0.5) is 5.00 Å². The molecule has 98 valence electrons. The molecule has 2 nitrogen and oxygen atoms in total. The van der Waals surface area contributed by atoms with E-state index in [1.165, 1.54) is 56.4 Å². The standard InChI is InChI=1S/C14H26N2S/c1-3-4-5-6-7-8-9-10-11-15-14-12-16-13(2)17-14/h12,15H,3-11H2,1-2H3. The van der Waals surface area contributed by atoms with Crippen LogP contribution >= 0.6 is 11.3 Å². The number of nitrogens with zero attached hydrogens (tertiary/aromatic N) is 1. The molecule has 0 atom stereocenters. The first-order chi connectivity index (χ1) is 8.33. The van der Waals surface area contributed by atoms with Crippen LogP contribution in [0.25, 0.3) is 0 Å². The van der Waals surface area contributed by atoms with Gasteiger partial charge in [-0.05, 0) is 13.3 Å². The highest BCUT2D eigenvalue weighted by Gasteiger charge is 1.96. The first kappa shape index (κ1) is 14.5. The third kappa shape index (κ3) is 7.37. The Bertz CT molecular complexity index is 284. The Balaban J connectivity index is 1.84. The minimum atomic E-state index is 1.09. The number of hydrogen-bond donors (Lipinski definition) is 1. The Hall–Kier alpha value is -0.570. The Morgan fingerprint density at radius 3 is 2.29 bits per heavy atom. The van der Waals surface area contributed by atoms with Gasteiger partial charge in [0, 0.05) is 6.54 Å². The van der Waals surface area contributed by atoms with Crippen LogP contribution in [0.15, 0.2) is 6.20 Å². The summed E-state index contributed by atoms with van der Waals surface area (Å²) < 4.78 is 0. The van der Waals surface area contributed by atoms with Gasteiger partial charge in [-0.25, -0.2) is 4.98 Å². The maximum atomic E-state index is 4.23. The minimum Gasteiger partial charge on any atom is -0.376 e. The quantitative estimate of drug-likeness (QED) is 0.594. The van der Waals surface area contributed by atoms with Gasteiger partial charge in [-0.1, -0.05) is 51.9 Å². The van der Waals surface area contributed by atoms with Crippen LogP contribution in [0.2, 0.25) is 0 Å². The molecule has 1 aromatic rings. The smallest absolute Gasteiger partial charge is 0.109 e. The molecule has 1 aromatic heterocycles. The maximum absolute atomic E-state index is 4.23. The molecule has 1 N–H and O–H groups in total. The van der Waals surface area contributed by atoms with Gasteiger partial charge in [0.05, 0.1) is 11.2 Å². The number of aryl methyl sites for hydroxylation is 1. The normalized spacial score (nSPS) is 10.7. The highest BCUT2D eigenvalue weighted by molar-refractivity contribution is 7.15. The van der Waals surface area contributed by atoms with E-state index in [1.807, 2.05) is 13.1 Å². The van der Waals surface area contributed by atoms with E-state index in [1.54, 1.807) is 11.3 Å². The summed E-state index contributed by atoms with van der Waals surface area (Å²) in [5, 5.41) is 5.79. The summed E-state index contributed by atoms with van der Waals surface area (Å²) >= 11 is 1.74. The molecule has 0 radical (unpaired) electrons. The Morgan fingerprint density at radius 2 is 1.71 bits per heavy atom. The second kappa shape index (κ2) is 9.46. The molecule has 0 saturated carbocycles. The molecule has 1 heterocycles. The Kier molecular flexibility index (Phi) is 8.06. The number of rotatable bonds is 10. The van der Waals surface area contributed by atoms with E-state index in [0.29, 0.717) is 0 Å². The molecule has 0 aliphatic heterocycles. The number of aromatic nitrogens is 1. The fourth-order valence-electron chi connectivity index (χ4n) is 1.91. The van der Waals surface area contributed by atoms with Crippen molar-refractivity contribution in [1.82, 2.24) is 4.98 Å². The van der Waals surface area contributed by atoms with Crippen LogP contribution in [0.3, 0.4) is 0 Å². The van der Waals surface area contributed by atoms with Crippen LogP contribution in [-0.2, 0) is 0 Å². The molecule has 0 amide bonds. The molecular formula is C14H26N2S. The van der Waals surface area contributed by atoms with Crippen molar-refractivity contribution in [2.75, 3.05) is 11.9 Å². The second-order valence-corrected chi connectivity index (χ2v) is 5.88. The molecule has 1 rings (SSSR count). The van der Waals surface area contributed by atoms with Gasteiger partial charge in [-0.2, -0.15) is 0 Å². The van der Waals surface area contributed by atoms with E-state index in [0.717, 1.165) is 11.6 Å². The van der Waals surface area contributed by atoms with E-state index < -0.39 is 0 Å². The van der Waals surface area contributed by atoms with Crippen molar-refractivity contribution >= 4 is 16.3 Å². The summed E-state index contributed by atoms with van der Waals surface area (Å²) in [6, 6.07) is 0. The summed E-state index contributed by atoms with van der Waals surface area (Å²) in [7, 11) is 0. The molecule has 0 unspecified atom stereocenters. The lowest BCUT2D eigenvalue weighted by atomic mass is 10.1. The van der Waals surface area contributed by atoms with Crippen LogP contribution < -0.4 is 5.32 Å². The number of thiazole rings is 1. The highest BCUT2D eigenvalue weighted by Crippen LogP contribution is 2.17. The summed E-state index contributed by atoms with van der Waals surface area (Å²) in [5.74, 6) is 0. The third-order valence-electron chi connectivity index (χ3n) is 2.95. The molecule has 0 fully saturated rings.